The van der Waals surface area contributed by atoms with E-state index in [0.29, 0.717) is 22.2 Å². The van der Waals surface area contributed by atoms with Gasteiger partial charge in [0.05, 0.1) is 16.5 Å². The van der Waals surface area contributed by atoms with Gasteiger partial charge in [0.1, 0.15) is 0 Å². The third-order valence-corrected chi connectivity index (χ3v) is 4.17. The Morgan fingerprint density at radius 2 is 1.68 bits per heavy atom. The molecule has 3 aromatic carbocycles. The fourth-order valence-corrected chi connectivity index (χ4v) is 2.70. The van der Waals surface area contributed by atoms with Gasteiger partial charge in [0.15, 0.2) is 0 Å². The smallest absolute Gasteiger partial charge is 0.228 e. The molecule has 0 bridgehead atoms. The van der Waals surface area contributed by atoms with E-state index in [0.717, 1.165) is 16.3 Å². The van der Waals surface area contributed by atoms with Crippen LogP contribution in [0.2, 0.25) is 10.0 Å². The summed E-state index contributed by atoms with van der Waals surface area (Å²) in [5.74, 6) is -0.0882. The minimum atomic E-state index is -0.0882. The van der Waals surface area contributed by atoms with Crippen molar-refractivity contribution in [3.63, 3.8) is 0 Å². The van der Waals surface area contributed by atoms with Gasteiger partial charge in [0, 0.05) is 5.69 Å². The predicted molar refractivity (Wildman–Crippen MR) is 92.7 cm³/mol. The highest BCUT2D eigenvalue weighted by atomic mass is 35.5. The third kappa shape index (κ3) is 3.24. The molecule has 0 fully saturated rings. The Bertz CT molecular complexity index is 840. The standard InChI is InChI=1S/C18H13Cl2NO/c19-16-9-8-14(11-17(16)20)21-18(22)10-13-6-3-5-12-4-1-2-7-15(12)13/h1-9,11H,10H2,(H,21,22). The lowest BCUT2D eigenvalue weighted by Crippen LogP contribution is -2.14. The van der Waals surface area contributed by atoms with Gasteiger partial charge >= 0.3 is 0 Å². The molecule has 0 aromatic heterocycles. The van der Waals surface area contributed by atoms with Crippen LogP contribution < -0.4 is 5.32 Å². The zero-order chi connectivity index (χ0) is 15.5. The summed E-state index contributed by atoms with van der Waals surface area (Å²) >= 11 is 11.8. The molecule has 0 heterocycles. The lowest BCUT2D eigenvalue weighted by atomic mass is 10.0. The average Bonchev–Trinajstić information content (AvgIpc) is 2.51. The van der Waals surface area contributed by atoms with E-state index >= 15 is 0 Å². The highest BCUT2D eigenvalue weighted by Gasteiger charge is 2.08. The highest BCUT2D eigenvalue weighted by Crippen LogP contribution is 2.25. The van der Waals surface area contributed by atoms with Crippen LogP contribution in [0.4, 0.5) is 5.69 Å². The Morgan fingerprint density at radius 3 is 2.50 bits per heavy atom. The molecule has 22 heavy (non-hydrogen) atoms. The first-order valence-corrected chi connectivity index (χ1v) is 7.60. The van der Waals surface area contributed by atoms with Crippen molar-refractivity contribution in [2.24, 2.45) is 0 Å². The fourth-order valence-electron chi connectivity index (χ4n) is 2.40. The van der Waals surface area contributed by atoms with Crippen LogP contribution in [0.3, 0.4) is 0 Å². The highest BCUT2D eigenvalue weighted by molar-refractivity contribution is 6.42. The predicted octanol–water partition coefficient (Wildman–Crippen LogP) is 5.33. The van der Waals surface area contributed by atoms with Crippen LogP contribution in [-0.2, 0) is 11.2 Å². The molecule has 1 N–H and O–H groups in total. The first kappa shape index (κ1) is 14.9. The molecule has 0 spiro atoms. The molecule has 1 amide bonds. The molecular formula is C18H13Cl2NO. The normalized spacial score (nSPS) is 10.6. The summed E-state index contributed by atoms with van der Waals surface area (Å²) in [7, 11) is 0. The maximum atomic E-state index is 12.2. The van der Waals surface area contributed by atoms with Crippen molar-refractivity contribution in [1.29, 1.82) is 0 Å². The Morgan fingerprint density at radius 1 is 0.909 bits per heavy atom. The number of halogens is 2. The summed E-state index contributed by atoms with van der Waals surface area (Å²) in [6.07, 6.45) is 0.307. The molecule has 4 heteroatoms. The lowest BCUT2D eigenvalue weighted by Gasteiger charge is -2.08. The molecule has 0 atom stereocenters. The van der Waals surface area contributed by atoms with Crippen molar-refractivity contribution >= 4 is 45.6 Å². The van der Waals surface area contributed by atoms with Crippen LogP contribution in [0.25, 0.3) is 10.8 Å². The monoisotopic (exact) mass is 329 g/mol. The number of nitrogens with one attached hydrogen (secondary N) is 1. The van der Waals surface area contributed by atoms with Crippen LogP contribution in [0, 0.1) is 0 Å². The topological polar surface area (TPSA) is 29.1 Å². The Balaban J connectivity index is 1.80. The van der Waals surface area contributed by atoms with Crippen LogP contribution in [-0.4, -0.2) is 5.91 Å². The van der Waals surface area contributed by atoms with Crippen molar-refractivity contribution in [3.8, 4) is 0 Å². The molecule has 0 radical (unpaired) electrons. The summed E-state index contributed by atoms with van der Waals surface area (Å²) in [5, 5.41) is 5.95. The van der Waals surface area contributed by atoms with Gasteiger partial charge in [-0.25, -0.2) is 0 Å². The van der Waals surface area contributed by atoms with Crippen LogP contribution in [0.5, 0.6) is 0 Å². The first-order chi connectivity index (χ1) is 10.6. The van der Waals surface area contributed by atoms with Gasteiger partial charge in [-0.2, -0.15) is 0 Å². The molecule has 3 rings (SSSR count). The second-order valence-electron chi connectivity index (χ2n) is 4.99. The summed E-state index contributed by atoms with van der Waals surface area (Å²) in [6.45, 7) is 0. The number of amides is 1. The summed E-state index contributed by atoms with van der Waals surface area (Å²) in [5.41, 5.74) is 1.63. The largest absolute Gasteiger partial charge is 0.326 e. The SMILES string of the molecule is O=C(Cc1cccc2ccccc12)Nc1ccc(Cl)c(Cl)c1. The van der Waals surface area contributed by atoms with E-state index in [9.17, 15) is 4.79 Å². The van der Waals surface area contributed by atoms with Crippen molar-refractivity contribution in [3.05, 3.63) is 76.3 Å². The quantitative estimate of drug-likeness (QED) is 0.691. The van der Waals surface area contributed by atoms with Gasteiger partial charge < -0.3 is 5.32 Å². The molecule has 0 aliphatic carbocycles. The molecular weight excluding hydrogens is 317 g/mol. The number of anilines is 1. The second kappa shape index (κ2) is 6.39. The molecule has 0 saturated carbocycles. The molecule has 0 unspecified atom stereocenters. The minimum absolute atomic E-state index is 0.0882. The summed E-state index contributed by atoms with van der Waals surface area (Å²) < 4.78 is 0. The van der Waals surface area contributed by atoms with Gasteiger partial charge in [0.2, 0.25) is 5.91 Å². The maximum Gasteiger partial charge on any atom is 0.228 e. The van der Waals surface area contributed by atoms with E-state index in [2.05, 4.69) is 5.32 Å². The number of carbonyl (C=O) groups is 1. The van der Waals surface area contributed by atoms with E-state index in [1.807, 2.05) is 42.5 Å². The van der Waals surface area contributed by atoms with Gasteiger partial charge in [0.25, 0.3) is 0 Å². The summed E-state index contributed by atoms with van der Waals surface area (Å²) in [4.78, 5) is 12.2. The molecule has 0 aliphatic heterocycles. The van der Waals surface area contributed by atoms with Crippen LogP contribution in [0.15, 0.2) is 60.7 Å². The van der Waals surface area contributed by atoms with Crippen molar-refractivity contribution in [2.75, 3.05) is 5.32 Å². The summed E-state index contributed by atoms with van der Waals surface area (Å²) in [6, 6.07) is 19.0. The number of carbonyl (C=O) groups excluding carboxylic acids is 1. The van der Waals surface area contributed by atoms with Crippen molar-refractivity contribution in [2.45, 2.75) is 6.42 Å². The third-order valence-electron chi connectivity index (χ3n) is 3.43. The number of rotatable bonds is 3. The Kier molecular flexibility index (Phi) is 4.32. The van der Waals surface area contributed by atoms with Gasteiger partial charge in [-0.05, 0) is 34.5 Å². The first-order valence-electron chi connectivity index (χ1n) is 6.85. The van der Waals surface area contributed by atoms with Crippen LogP contribution >= 0.6 is 23.2 Å². The fraction of sp³-hybridized carbons (Fsp3) is 0.0556. The zero-order valence-corrected chi connectivity index (χ0v) is 13.2. The minimum Gasteiger partial charge on any atom is -0.326 e. The van der Waals surface area contributed by atoms with E-state index in [-0.39, 0.29) is 5.91 Å². The van der Waals surface area contributed by atoms with Crippen molar-refractivity contribution in [1.82, 2.24) is 0 Å². The Labute approximate surface area is 138 Å². The molecule has 0 saturated heterocycles. The van der Waals surface area contributed by atoms with Crippen molar-refractivity contribution < 1.29 is 4.79 Å². The van der Waals surface area contributed by atoms with E-state index < -0.39 is 0 Å². The van der Waals surface area contributed by atoms with E-state index in [1.54, 1.807) is 18.2 Å². The zero-order valence-electron chi connectivity index (χ0n) is 11.6. The Hall–Kier alpha value is -2.03. The number of benzene rings is 3. The lowest BCUT2D eigenvalue weighted by molar-refractivity contribution is -0.115. The number of hydrogen-bond acceptors (Lipinski definition) is 1. The van der Waals surface area contributed by atoms with E-state index in [1.165, 1.54) is 0 Å². The maximum absolute atomic E-state index is 12.2. The number of fused-ring (bicyclic) bond motifs is 1. The van der Waals surface area contributed by atoms with E-state index in [4.69, 9.17) is 23.2 Å². The molecule has 110 valence electrons. The van der Waals surface area contributed by atoms with Gasteiger partial charge in [-0.1, -0.05) is 65.7 Å². The number of hydrogen-bond donors (Lipinski definition) is 1. The van der Waals surface area contributed by atoms with Crippen LogP contribution in [0.1, 0.15) is 5.56 Å². The molecule has 3 aromatic rings. The average molecular weight is 330 g/mol. The molecule has 0 aliphatic rings. The molecule has 2 nitrogen and oxygen atoms in total. The second-order valence-corrected chi connectivity index (χ2v) is 5.81. The van der Waals surface area contributed by atoms with Gasteiger partial charge in [-0.15, -0.1) is 0 Å². The van der Waals surface area contributed by atoms with Gasteiger partial charge in [-0.3, -0.25) is 4.79 Å².